The van der Waals surface area contributed by atoms with Gasteiger partial charge in [0.05, 0.1) is 12.0 Å². The molecule has 4 nitrogen and oxygen atoms in total. The van der Waals surface area contributed by atoms with Crippen LogP contribution in [0, 0.1) is 0 Å². The van der Waals surface area contributed by atoms with E-state index in [1.54, 1.807) is 18.7 Å². The minimum Gasteiger partial charge on any atom is -0.462 e. The van der Waals surface area contributed by atoms with Gasteiger partial charge in [-0.15, -0.1) is 0 Å². The number of nitrogens with two attached hydrogens (primary N) is 1. The minimum atomic E-state index is 0.704. The third-order valence-corrected chi connectivity index (χ3v) is 2.53. The lowest BCUT2D eigenvalue weighted by Crippen LogP contribution is -1.93. The second-order valence-corrected chi connectivity index (χ2v) is 3.77. The lowest BCUT2D eigenvalue weighted by atomic mass is 10.2. The van der Waals surface area contributed by atoms with Gasteiger partial charge in [0, 0.05) is 29.2 Å². The van der Waals surface area contributed by atoms with Crippen molar-refractivity contribution in [2.24, 2.45) is 0 Å². The zero-order valence-corrected chi connectivity index (χ0v) is 9.05. The number of hydrogen-bond acceptors (Lipinski definition) is 4. The molecule has 0 bridgehead atoms. The summed E-state index contributed by atoms with van der Waals surface area (Å²) in [7, 11) is 0. The Morgan fingerprint density at radius 3 is 2.76 bits per heavy atom. The van der Waals surface area contributed by atoms with Gasteiger partial charge in [0.25, 0.3) is 0 Å². The number of fused-ring (bicyclic) bond motifs is 1. The van der Waals surface area contributed by atoms with Gasteiger partial charge in [-0.25, -0.2) is 0 Å². The molecule has 0 aliphatic carbocycles. The molecule has 0 saturated heterocycles. The van der Waals surface area contributed by atoms with Crippen LogP contribution in [0.3, 0.4) is 0 Å². The van der Waals surface area contributed by atoms with Crippen molar-refractivity contribution in [2.75, 3.05) is 11.1 Å². The van der Waals surface area contributed by atoms with E-state index in [9.17, 15) is 0 Å². The molecule has 0 fully saturated rings. The molecule has 0 atom stereocenters. The lowest BCUT2D eigenvalue weighted by molar-refractivity contribution is 0.617. The van der Waals surface area contributed by atoms with Gasteiger partial charge in [0.2, 0.25) is 0 Å². The number of nitrogens with one attached hydrogen (secondary N) is 1. The quantitative estimate of drug-likeness (QED) is 0.657. The van der Waals surface area contributed by atoms with E-state index >= 15 is 0 Å². The minimum absolute atomic E-state index is 0.704. The van der Waals surface area contributed by atoms with E-state index in [2.05, 4.69) is 10.3 Å². The van der Waals surface area contributed by atoms with Gasteiger partial charge >= 0.3 is 0 Å². The van der Waals surface area contributed by atoms with Crippen LogP contribution >= 0.6 is 0 Å². The zero-order valence-electron chi connectivity index (χ0n) is 9.05. The van der Waals surface area contributed by atoms with Crippen molar-refractivity contribution in [3.05, 3.63) is 49.0 Å². The van der Waals surface area contributed by atoms with E-state index < -0.39 is 0 Å². The molecule has 0 aliphatic heterocycles. The molecule has 0 radical (unpaired) electrons. The maximum absolute atomic E-state index is 5.84. The Bertz CT molecular complexity index is 646. The molecular formula is C13H11N3O. The maximum atomic E-state index is 5.84. The average Bonchev–Trinajstić information content (AvgIpc) is 2.78. The van der Waals surface area contributed by atoms with Gasteiger partial charge in [-0.1, -0.05) is 0 Å². The number of aromatic nitrogens is 1. The number of nitrogen functional groups attached to an aromatic ring is 1. The number of benzene rings is 1. The Labute approximate surface area is 98.1 Å². The molecule has 2 aromatic heterocycles. The van der Waals surface area contributed by atoms with Crippen molar-refractivity contribution in [2.45, 2.75) is 0 Å². The van der Waals surface area contributed by atoms with E-state index in [0.717, 1.165) is 22.3 Å². The first kappa shape index (κ1) is 9.72. The fourth-order valence-electron chi connectivity index (χ4n) is 1.79. The molecule has 2 heterocycles. The highest BCUT2D eigenvalue weighted by Crippen LogP contribution is 2.29. The largest absolute Gasteiger partial charge is 0.462 e. The third-order valence-electron chi connectivity index (χ3n) is 2.53. The highest BCUT2D eigenvalue weighted by atomic mass is 16.3. The number of pyridine rings is 1. The SMILES string of the molecule is Nc1cc(Nc2ccncc2)c2occc2c1. The van der Waals surface area contributed by atoms with E-state index in [1.165, 1.54) is 0 Å². The lowest BCUT2D eigenvalue weighted by Gasteiger charge is -2.07. The topological polar surface area (TPSA) is 64.1 Å². The molecule has 1 aromatic carbocycles. The van der Waals surface area contributed by atoms with Crippen LogP contribution in [0.4, 0.5) is 17.1 Å². The second-order valence-electron chi connectivity index (χ2n) is 3.77. The summed E-state index contributed by atoms with van der Waals surface area (Å²) in [6.45, 7) is 0. The van der Waals surface area contributed by atoms with E-state index in [-0.39, 0.29) is 0 Å². The Kier molecular flexibility index (Phi) is 2.19. The van der Waals surface area contributed by atoms with Gasteiger partial charge < -0.3 is 15.5 Å². The van der Waals surface area contributed by atoms with Crippen LogP contribution in [0.15, 0.2) is 53.4 Å². The predicted octanol–water partition coefficient (Wildman–Crippen LogP) is 3.15. The monoisotopic (exact) mass is 225 g/mol. The standard InChI is InChI=1S/C13H11N3O/c14-10-7-9-3-6-17-13(9)12(8-10)16-11-1-4-15-5-2-11/h1-8H,14H2,(H,15,16). The number of furan rings is 1. The van der Waals surface area contributed by atoms with Crippen molar-refractivity contribution in [3.8, 4) is 0 Å². The summed E-state index contributed by atoms with van der Waals surface area (Å²) < 4.78 is 5.44. The Morgan fingerprint density at radius 1 is 1.12 bits per heavy atom. The van der Waals surface area contributed by atoms with Crippen LogP contribution in [-0.2, 0) is 0 Å². The Hall–Kier alpha value is -2.49. The number of rotatable bonds is 2. The molecule has 0 aliphatic rings. The van der Waals surface area contributed by atoms with Crippen LogP contribution in [0.1, 0.15) is 0 Å². The van der Waals surface area contributed by atoms with Gasteiger partial charge in [-0.05, 0) is 30.3 Å². The first-order valence-corrected chi connectivity index (χ1v) is 5.27. The molecule has 3 aromatic rings. The summed E-state index contributed by atoms with van der Waals surface area (Å²) in [4.78, 5) is 3.97. The molecule has 0 saturated carbocycles. The van der Waals surface area contributed by atoms with Crippen LogP contribution in [0.2, 0.25) is 0 Å². The molecule has 3 N–H and O–H groups in total. The van der Waals surface area contributed by atoms with E-state index in [4.69, 9.17) is 10.2 Å². The van der Waals surface area contributed by atoms with Crippen LogP contribution in [0.5, 0.6) is 0 Å². The summed E-state index contributed by atoms with van der Waals surface area (Å²) in [5, 5.41) is 4.25. The molecule has 0 amide bonds. The fourth-order valence-corrected chi connectivity index (χ4v) is 1.79. The zero-order chi connectivity index (χ0) is 11.7. The highest BCUT2D eigenvalue weighted by molar-refractivity contribution is 5.93. The number of nitrogens with zero attached hydrogens (tertiary/aromatic N) is 1. The van der Waals surface area contributed by atoms with Gasteiger partial charge in [-0.3, -0.25) is 4.98 Å². The van der Waals surface area contributed by atoms with Crippen LogP contribution in [0.25, 0.3) is 11.0 Å². The summed E-state index contributed by atoms with van der Waals surface area (Å²) in [6.07, 6.45) is 5.11. The highest BCUT2D eigenvalue weighted by Gasteiger charge is 2.06. The molecule has 0 unspecified atom stereocenters. The van der Waals surface area contributed by atoms with Crippen molar-refractivity contribution >= 4 is 28.0 Å². The average molecular weight is 225 g/mol. The smallest absolute Gasteiger partial charge is 0.157 e. The number of hydrogen-bond donors (Lipinski definition) is 2. The van der Waals surface area contributed by atoms with Crippen molar-refractivity contribution < 1.29 is 4.42 Å². The molecule has 84 valence electrons. The van der Waals surface area contributed by atoms with Crippen molar-refractivity contribution in [3.63, 3.8) is 0 Å². The first-order chi connectivity index (χ1) is 8.33. The van der Waals surface area contributed by atoms with Gasteiger partial charge in [0.1, 0.15) is 0 Å². The van der Waals surface area contributed by atoms with Crippen LogP contribution < -0.4 is 11.1 Å². The van der Waals surface area contributed by atoms with Crippen molar-refractivity contribution in [1.29, 1.82) is 0 Å². The Morgan fingerprint density at radius 2 is 1.94 bits per heavy atom. The predicted molar refractivity (Wildman–Crippen MR) is 68.1 cm³/mol. The molecular weight excluding hydrogens is 214 g/mol. The summed E-state index contributed by atoms with van der Waals surface area (Å²) in [5.74, 6) is 0. The summed E-state index contributed by atoms with van der Waals surface area (Å²) in [5.41, 5.74) is 9.15. The molecule has 4 heteroatoms. The normalized spacial score (nSPS) is 10.6. The first-order valence-electron chi connectivity index (χ1n) is 5.27. The van der Waals surface area contributed by atoms with E-state index in [1.807, 2.05) is 30.3 Å². The summed E-state index contributed by atoms with van der Waals surface area (Å²) in [6, 6.07) is 9.40. The number of anilines is 3. The summed E-state index contributed by atoms with van der Waals surface area (Å²) >= 11 is 0. The third kappa shape index (κ3) is 1.80. The molecule has 0 spiro atoms. The van der Waals surface area contributed by atoms with Gasteiger partial charge in [0.15, 0.2) is 5.58 Å². The van der Waals surface area contributed by atoms with Crippen molar-refractivity contribution in [1.82, 2.24) is 4.98 Å². The fraction of sp³-hybridized carbons (Fsp3) is 0. The second kappa shape index (κ2) is 3.83. The van der Waals surface area contributed by atoms with Gasteiger partial charge in [-0.2, -0.15) is 0 Å². The molecule has 3 rings (SSSR count). The molecule has 17 heavy (non-hydrogen) atoms. The van der Waals surface area contributed by atoms with Crippen LogP contribution in [-0.4, -0.2) is 4.98 Å². The maximum Gasteiger partial charge on any atom is 0.157 e. The Balaban J connectivity index is 2.08. The van der Waals surface area contributed by atoms with E-state index in [0.29, 0.717) is 5.69 Å².